The fourth-order valence-corrected chi connectivity index (χ4v) is 4.87. The smallest absolute Gasteiger partial charge is 0.298 e. The van der Waals surface area contributed by atoms with Crippen LogP contribution in [0.5, 0.6) is 0 Å². The van der Waals surface area contributed by atoms with Gasteiger partial charge in [-0.15, -0.1) is 0 Å². The van der Waals surface area contributed by atoms with Gasteiger partial charge in [-0.3, -0.25) is 9.59 Å². The first kappa shape index (κ1) is 20.5. The summed E-state index contributed by atoms with van der Waals surface area (Å²) in [5.41, 5.74) is 6.97. The molecule has 0 bridgehead atoms. The number of benzene rings is 2. The van der Waals surface area contributed by atoms with Crippen LogP contribution in [-0.2, 0) is 4.79 Å². The first-order valence-electron chi connectivity index (χ1n) is 9.56. The van der Waals surface area contributed by atoms with Crippen LogP contribution in [0.1, 0.15) is 28.1 Å². The maximum atomic E-state index is 13.0. The standard InChI is InChI=1S/C24H21ClN2O2S/c1-14-8-15(2)10-21(9-14)26-16(3)11-18(17(26)4)12-22-23(28)27(24(29)30-22)20-7-5-6-19(25)13-20/h5-13H,1-4H3/b22-12+. The van der Waals surface area contributed by atoms with Gasteiger partial charge in [-0.25, -0.2) is 4.90 Å². The van der Waals surface area contributed by atoms with Gasteiger partial charge in [0.2, 0.25) is 0 Å². The number of nitrogens with zero attached hydrogens (tertiary/aromatic N) is 2. The number of amides is 2. The molecule has 0 radical (unpaired) electrons. The molecule has 1 aliphatic heterocycles. The quantitative estimate of drug-likeness (QED) is 0.434. The van der Waals surface area contributed by atoms with Gasteiger partial charge in [0.15, 0.2) is 0 Å². The Morgan fingerprint density at radius 3 is 2.27 bits per heavy atom. The van der Waals surface area contributed by atoms with E-state index in [2.05, 4.69) is 36.6 Å². The second-order valence-corrected chi connectivity index (χ2v) is 8.93. The summed E-state index contributed by atoms with van der Waals surface area (Å²) in [5.74, 6) is -0.330. The van der Waals surface area contributed by atoms with Crippen LogP contribution in [0.25, 0.3) is 11.8 Å². The van der Waals surface area contributed by atoms with Gasteiger partial charge in [-0.2, -0.15) is 0 Å². The largest absolute Gasteiger partial charge is 0.318 e. The SMILES string of the molecule is Cc1cc(C)cc(-n2c(C)cc(/C=C3/SC(=O)N(c4cccc(Cl)c4)C3=O)c2C)c1. The highest BCUT2D eigenvalue weighted by atomic mass is 35.5. The van der Waals surface area contributed by atoms with Crippen molar-refractivity contribution in [3.63, 3.8) is 0 Å². The van der Waals surface area contributed by atoms with Crippen LogP contribution in [0.15, 0.2) is 53.4 Å². The third kappa shape index (κ3) is 3.71. The van der Waals surface area contributed by atoms with E-state index in [1.54, 1.807) is 30.3 Å². The lowest BCUT2D eigenvalue weighted by Gasteiger charge is -2.12. The number of hydrogen-bond donors (Lipinski definition) is 0. The minimum absolute atomic E-state index is 0.323. The third-order valence-corrected chi connectivity index (χ3v) is 6.19. The van der Waals surface area contributed by atoms with E-state index in [1.165, 1.54) is 16.0 Å². The summed E-state index contributed by atoms with van der Waals surface area (Å²) >= 11 is 6.98. The molecule has 6 heteroatoms. The molecule has 0 spiro atoms. The Bertz CT molecular complexity index is 1210. The Balaban J connectivity index is 1.72. The highest BCUT2D eigenvalue weighted by molar-refractivity contribution is 8.19. The molecular weight excluding hydrogens is 416 g/mol. The molecule has 2 amide bonds. The molecular formula is C24H21ClN2O2S. The summed E-state index contributed by atoms with van der Waals surface area (Å²) in [6.07, 6.45) is 1.80. The molecule has 4 rings (SSSR count). The second-order valence-electron chi connectivity index (χ2n) is 7.50. The van der Waals surface area contributed by atoms with Crippen molar-refractivity contribution in [2.75, 3.05) is 4.90 Å². The van der Waals surface area contributed by atoms with Crippen LogP contribution in [0, 0.1) is 27.7 Å². The third-order valence-electron chi connectivity index (χ3n) is 5.08. The van der Waals surface area contributed by atoms with Gasteiger partial charge in [-0.05, 0) is 98.6 Å². The number of carbonyl (C=O) groups excluding carboxylic acids is 2. The zero-order chi connectivity index (χ0) is 21.6. The summed E-state index contributed by atoms with van der Waals surface area (Å²) < 4.78 is 2.17. The van der Waals surface area contributed by atoms with Crippen molar-refractivity contribution in [3.05, 3.63) is 86.5 Å². The molecule has 30 heavy (non-hydrogen) atoms. The average Bonchev–Trinajstić information content (AvgIpc) is 3.09. The Labute approximate surface area is 185 Å². The first-order chi connectivity index (χ1) is 14.2. The average molecular weight is 437 g/mol. The zero-order valence-electron chi connectivity index (χ0n) is 17.2. The van der Waals surface area contributed by atoms with E-state index >= 15 is 0 Å². The topological polar surface area (TPSA) is 42.3 Å². The van der Waals surface area contributed by atoms with Crippen LogP contribution in [0.3, 0.4) is 0 Å². The van der Waals surface area contributed by atoms with Crippen LogP contribution in [0.2, 0.25) is 5.02 Å². The lowest BCUT2D eigenvalue weighted by atomic mass is 10.1. The Morgan fingerprint density at radius 1 is 0.900 bits per heavy atom. The van der Waals surface area contributed by atoms with Crippen LogP contribution < -0.4 is 4.90 Å². The molecule has 1 aliphatic rings. The molecule has 0 saturated carbocycles. The number of halogens is 1. The van der Waals surface area contributed by atoms with Crippen molar-refractivity contribution < 1.29 is 9.59 Å². The van der Waals surface area contributed by atoms with Crippen LogP contribution >= 0.6 is 23.4 Å². The molecule has 0 unspecified atom stereocenters. The van der Waals surface area contributed by atoms with Crippen molar-refractivity contribution in [1.82, 2.24) is 4.57 Å². The van der Waals surface area contributed by atoms with Crippen molar-refractivity contribution in [2.45, 2.75) is 27.7 Å². The number of imide groups is 1. The van der Waals surface area contributed by atoms with E-state index in [4.69, 9.17) is 11.6 Å². The number of hydrogen-bond acceptors (Lipinski definition) is 3. The lowest BCUT2D eigenvalue weighted by Crippen LogP contribution is -2.27. The molecule has 1 fully saturated rings. The van der Waals surface area contributed by atoms with Crippen molar-refractivity contribution in [2.24, 2.45) is 0 Å². The fourth-order valence-electron chi connectivity index (χ4n) is 3.86. The lowest BCUT2D eigenvalue weighted by molar-refractivity contribution is -0.113. The van der Waals surface area contributed by atoms with Gasteiger partial charge in [-0.1, -0.05) is 23.7 Å². The number of thioether (sulfide) groups is 1. The Kier molecular flexibility index (Phi) is 5.35. The summed E-state index contributed by atoms with van der Waals surface area (Å²) in [7, 11) is 0. The highest BCUT2D eigenvalue weighted by Crippen LogP contribution is 2.37. The van der Waals surface area contributed by atoms with E-state index in [-0.39, 0.29) is 11.1 Å². The normalized spacial score (nSPS) is 15.5. The molecule has 3 aromatic rings. The predicted octanol–water partition coefficient (Wildman–Crippen LogP) is 6.61. The highest BCUT2D eigenvalue weighted by Gasteiger charge is 2.36. The Hall–Kier alpha value is -2.76. The summed E-state index contributed by atoms with van der Waals surface area (Å²) in [5, 5.41) is 0.157. The zero-order valence-corrected chi connectivity index (χ0v) is 18.8. The van der Waals surface area contributed by atoms with Crippen molar-refractivity contribution in [1.29, 1.82) is 0 Å². The van der Waals surface area contributed by atoms with E-state index in [9.17, 15) is 9.59 Å². The minimum atomic E-state index is -0.330. The molecule has 1 saturated heterocycles. The van der Waals surface area contributed by atoms with Crippen molar-refractivity contribution >= 4 is 46.3 Å². The van der Waals surface area contributed by atoms with Gasteiger partial charge in [0.1, 0.15) is 0 Å². The molecule has 2 aromatic carbocycles. The summed E-state index contributed by atoms with van der Waals surface area (Å²) in [6, 6.07) is 15.2. The van der Waals surface area contributed by atoms with Gasteiger partial charge < -0.3 is 4.57 Å². The fraction of sp³-hybridized carbons (Fsp3) is 0.167. The maximum Gasteiger partial charge on any atom is 0.298 e. The molecule has 0 atom stereocenters. The molecule has 152 valence electrons. The number of rotatable bonds is 3. The number of aryl methyl sites for hydroxylation is 3. The molecule has 0 aliphatic carbocycles. The van der Waals surface area contributed by atoms with Gasteiger partial charge >= 0.3 is 0 Å². The van der Waals surface area contributed by atoms with Crippen molar-refractivity contribution in [3.8, 4) is 5.69 Å². The van der Waals surface area contributed by atoms with Gasteiger partial charge in [0.25, 0.3) is 11.1 Å². The second kappa shape index (κ2) is 7.82. The monoisotopic (exact) mass is 436 g/mol. The molecule has 4 nitrogen and oxygen atoms in total. The summed E-state index contributed by atoms with van der Waals surface area (Å²) in [4.78, 5) is 27.1. The van der Waals surface area contributed by atoms with E-state index in [0.29, 0.717) is 15.6 Å². The summed E-state index contributed by atoms with van der Waals surface area (Å²) in [6.45, 7) is 8.23. The molecule has 0 N–H and O–H groups in total. The van der Waals surface area contributed by atoms with Crippen LogP contribution in [-0.4, -0.2) is 15.7 Å². The van der Waals surface area contributed by atoms with E-state index < -0.39 is 0 Å². The first-order valence-corrected chi connectivity index (χ1v) is 10.7. The number of aromatic nitrogens is 1. The number of carbonyl (C=O) groups is 2. The predicted molar refractivity (Wildman–Crippen MR) is 125 cm³/mol. The Morgan fingerprint density at radius 2 is 1.60 bits per heavy atom. The molecule has 2 heterocycles. The van der Waals surface area contributed by atoms with E-state index in [0.717, 1.165) is 34.4 Å². The van der Waals surface area contributed by atoms with Gasteiger partial charge in [0.05, 0.1) is 10.6 Å². The van der Waals surface area contributed by atoms with Gasteiger partial charge in [0, 0.05) is 22.1 Å². The maximum absolute atomic E-state index is 13.0. The minimum Gasteiger partial charge on any atom is -0.318 e. The number of anilines is 1. The molecule has 1 aromatic heterocycles. The van der Waals surface area contributed by atoms with Crippen LogP contribution in [0.4, 0.5) is 10.5 Å². The van der Waals surface area contributed by atoms with E-state index in [1.807, 2.05) is 19.9 Å².